The molecule has 1 aliphatic heterocycles. The largest absolute Gasteiger partial charge is 0.366 e. The Kier molecular flexibility index (Phi) is 7.09. The number of amides is 1. The van der Waals surface area contributed by atoms with Crippen molar-refractivity contribution in [2.45, 2.75) is 6.54 Å². The van der Waals surface area contributed by atoms with E-state index in [1.807, 2.05) is 47.4 Å². The molecule has 0 unspecified atom stereocenters. The summed E-state index contributed by atoms with van der Waals surface area (Å²) in [6.45, 7) is 3.25. The fraction of sp³-hybridized carbons (Fsp3) is 0.261. The minimum absolute atomic E-state index is 0.116. The number of aromatic nitrogens is 2. The van der Waals surface area contributed by atoms with Crippen LogP contribution in [0.3, 0.4) is 0 Å². The van der Waals surface area contributed by atoms with Crippen LogP contribution >= 0.6 is 23.2 Å². The lowest BCUT2D eigenvalue weighted by Gasteiger charge is -2.35. The van der Waals surface area contributed by atoms with E-state index in [1.54, 1.807) is 18.3 Å². The first-order valence-electron chi connectivity index (χ1n) is 10.3. The third kappa shape index (κ3) is 5.30. The first kappa shape index (κ1) is 22.3. The molecule has 1 aromatic heterocycles. The number of para-hydroxylation sites is 1. The van der Waals surface area contributed by atoms with Gasteiger partial charge in [0.1, 0.15) is 5.02 Å². The molecule has 3 aromatic rings. The Hall–Kier alpha value is -2.87. The normalized spacial score (nSPS) is 14.4. The van der Waals surface area contributed by atoms with Crippen LogP contribution in [0.2, 0.25) is 10.0 Å². The Morgan fingerprint density at radius 2 is 1.66 bits per heavy atom. The number of hydrogen-bond donors (Lipinski definition) is 1. The van der Waals surface area contributed by atoms with E-state index in [1.165, 1.54) is 4.68 Å². The zero-order valence-corrected chi connectivity index (χ0v) is 18.9. The van der Waals surface area contributed by atoms with Gasteiger partial charge in [-0.2, -0.15) is 5.10 Å². The minimum atomic E-state index is -0.311. The molecule has 0 saturated carbocycles. The molecule has 0 bridgehead atoms. The molecular formula is C23H23Cl2N5O2. The third-order valence-corrected chi connectivity index (χ3v) is 6.05. The molecule has 1 aliphatic rings. The van der Waals surface area contributed by atoms with Gasteiger partial charge in [-0.3, -0.25) is 14.5 Å². The molecule has 32 heavy (non-hydrogen) atoms. The van der Waals surface area contributed by atoms with E-state index in [0.29, 0.717) is 49.1 Å². The highest BCUT2D eigenvalue weighted by Gasteiger charge is 2.22. The van der Waals surface area contributed by atoms with E-state index in [9.17, 15) is 9.59 Å². The van der Waals surface area contributed by atoms with Crippen LogP contribution in [0.5, 0.6) is 0 Å². The standard InChI is InChI=1S/C23H23Cl2N5O2/c24-18-8-4-5-9-19(18)27-21(31)16-28-10-12-29(13-11-28)20-14-26-30(23(32)22(20)25)15-17-6-2-1-3-7-17/h1-9,14H,10-13,15-16H2,(H,27,31). The highest BCUT2D eigenvalue weighted by atomic mass is 35.5. The van der Waals surface area contributed by atoms with Gasteiger partial charge in [0.05, 0.1) is 35.7 Å². The predicted molar refractivity (Wildman–Crippen MR) is 128 cm³/mol. The molecule has 1 fully saturated rings. The van der Waals surface area contributed by atoms with E-state index < -0.39 is 0 Å². The monoisotopic (exact) mass is 471 g/mol. The van der Waals surface area contributed by atoms with E-state index in [2.05, 4.69) is 15.3 Å². The molecule has 0 radical (unpaired) electrons. The Labute approximate surface area is 196 Å². The SMILES string of the molecule is O=C(CN1CCN(c2cnn(Cc3ccccc3)c(=O)c2Cl)CC1)Nc1ccccc1Cl. The van der Waals surface area contributed by atoms with Crippen LogP contribution in [-0.2, 0) is 11.3 Å². The molecule has 2 heterocycles. The predicted octanol–water partition coefficient (Wildman–Crippen LogP) is 3.36. The topological polar surface area (TPSA) is 70.5 Å². The molecule has 1 N–H and O–H groups in total. The maximum Gasteiger partial charge on any atom is 0.287 e. The molecular weight excluding hydrogens is 449 g/mol. The number of anilines is 2. The Morgan fingerprint density at radius 3 is 2.38 bits per heavy atom. The van der Waals surface area contributed by atoms with E-state index in [-0.39, 0.29) is 23.0 Å². The number of nitrogens with one attached hydrogen (secondary N) is 1. The van der Waals surface area contributed by atoms with Crippen molar-refractivity contribution in [1.82, 2.24) is 14.7 Å². The summed E-state index contributed by atoms with van der Waals surface area (Å²) in [5, 5.41) is 7.84. The summed E-state index contributed by atoms with van der Waals surface area (Å²) in [4.78, 5) is 29.2. The van der Waals surface area contributed by atoms with Crippen molar-refractivity contribution in [3.63, 3.8) is 0 Å². The molecule has 4 rings (SSSR count). The third-order valence-electron chi connectivity index (χ3n) is 5.37. The molecule has 9 heteroatoms. The van der Waals surface area contributed by atoms with Crippen LogP contribution in [0, 0.1) is 0 Å². The number of rotatable bonds is 6. The highest BCUT2D eigenvalue weighted by molar-refractivity contribution is 6.33. The molecule has 0 atom stereocenters. The zero-order valence-electron chi connectivity index (χ0n) is 17.4. The maximum atomic E-state index is 12.7. The number of carbonyl (C=O) groups excluding carboxylic acids is 1. The lowest BCUT2D eigenvalue weighted by molar-refractivity contribution is -0.117. The Bertz CT molecular complexity index is 1140. The van der Waals surface area contributed by atoms with E-state index in [0.717, 1.165) is 5.56 Å². The van der Waals surface area contributed by atoms with Gasteiger partial charge >= 0.3 is 0 Å². The zero-order chi connectivity index (χ0) is 22.5. The number of hydrogen-bond acceptors (Lipinski definition) is 5. The van der Waals surface area contributed by atoms with Gasteiger partial charge in [0.25, 0.3) is 5.56 Å². The van der Waals surface area contributed by atoms with Crippen LogP contribution < -0.4 is 15.8 Å². The van der Waals surface area contributed by atoms with Crippen LogP contribution in [-0.4, -0.2) is 53.3 Å². The fourth-order valence-corrected chi connectivity index (χ4v) is 4.10. The van der Waals surface area contributed by atoms with Gasteiger partial charge in [-0.05, 0) is 17.7 Å². The number of carbonyl (C=O) groups is 1. The van der Waals surface area contributed by atoms with Gasteiger partial charge in [-0.15, -0.1) is 0 Å². The second-order valence-corrected chi connectivity index (χ2v) is 8.37. The quantitative estimate of drug-likeness (QED) is 0.596. The van der Waals surface area contributed by atoms with Crippen molar-refractivity contribution in [1.29, 1.82) is 0 Å². The van der Waals surface area contributed by atoms with Crippen molar-refractivity contribution in [2.24, 2.45) is 0 Å². The van der Waals surface area contributed by atoms with E-state index in [4.69, 9.17) is 23.2 Å². The van der Waals surface area contributed by atoms with Gasteiger partial charge in [0, 0.05) is 26.2 Å². The van der Waals surface area contributed by atoms with Crippen LogP contribution in [0.15, 0.2) is 65.6 Å². The minimum Gasteiger partial charge on any atom is -0.366 e. The van der Waals surface area contributed by atoms with E-state index >= 15 is 0 Å². The molecule has 0 aliphatic carbocycles. The summed E-state index contributed by atoms with van der Waals surface area (Å²) in [6, 6.07) is 16.8. The molecule has 2 aromatic carbocycles. The van der Waals surface area contributed by atoms with Crippen LogP contribution in [0.1, 0.15) is 5.56 Å². The highest BCUT2D eigenvalue weighted by Crippen LogP contribution is 2.23. The van der Waals surface area contributed by atoms with Crippen molar-refractivity contribution < 1.29 is 4.79 Å². The maximum absolute atomic E-state index is 12.7. The van der Waals surface area contributed by atoms with Gasteiger partial charge in [-0.1, -0.05) is 65.7 Å². The Morgan fingerprint density at radius 1 is 0.969 bits per heavy atom. The summed E-state index contributed by atoms with van der Waals surface area (Å²) >= 11 is 12.5. The molecule has 1 saturated heterocycles. The summed E-state index contributed by atoms with van der Waals surface area (Å²) in [5.74, 6) is -0.116. The first-order chi connectivity index (χ1) is 15.5. The first-order valence-corrected chi connectivity index (χ1v) is 11.1. The average molecular weight is 472 g/mol. The summed E-state index contributed by atoms with van der Waals surface area (Å²) in [6.07, 6.45) is 1.65. The second-order valence-electron chi connectivity index (χ2n) is 7.58. The number of halogens is 2. The number of benzene rings is 2. The van der Waals surface area contributed by atoms with Crippen LogP contribution in [0.4, 0.5) is 11.4 Å². The second kappa shape index (κ2) is 10.2. The van der Waals surface area contributed by atoms with Gasteiger partial charge in [0.2, 0.25) is 5.91 Å². The van der Waals surface area contributed by atoms with Gasteiger partial charge in [0.15, 0.2) is 0 Å². The van der Waals surface area contributed by atoms with Crippen molar-refractivity contribution in [3.8, 4) is 0 Å². The van der Waals surface area contributed by atoms with Gasteiger partial charge in [-0.25, -0.2) is 4.68 Å². The number of nitrogens with zero attached hydrogens (tertiary/aromatic N) is 4. The van der Waals surface area contributed by atoms with Crippen molar-refractivity contribution in [2.75, 3.05) is 42.9 Å². The van der Waals surface area contributed by atoms with Crippen molar-refractivity contribution in [3.05, 3.63) is 86.8 Å². The average Bonchev–Trinajstić information content (AvgIpc) is 2.80. The molecule has 7 nitrogen and oxygen atoms in total. The lowest BCUT2D eigenvalue weighted by atomic mass is 10.2. The summed E-state index contributed by atoms with van der Waals surface area (Å²) in [5.41, 5.74) is 1.90. The smallest absolute Gasteiger partial charge is 0.287 e. The summed E-state index contributed by atoms with van der Waals surface area (Å²) < 4.78 is 1.37. The van der Waals surface area contributed by atoms with Crippen LogP contribution in [0.25, 0.3) is 0 Å². The lowest BCUT2D eigenvalue weighted by Crippen LogP contribution is -2.49. The molecule has 0 spiro atoms. The van der Waals surface area contributed by atoms with Gasteiger partial charge < -0.3 is 10.2 Å². The summed E-state index contributed by atoms with van der Waals surface area (Å²) in [7, 11) is 0. The number of piperazine rings is 1. The fourth-order valence-electron chi connectivity index (χ4n) is 3.65. The Balaban J connectivity index is 1.35. The molecule has 1 amide bonds. The molecule has 166 valence electrons. The van der Waals surface area contributed by atoms with Crippen molar-refractivity contribution >= 4 is 40.5 Å².